The van der Waals surface area contributed by atoms with Gasteiger partial charge in [-0.3, -0.25) is 0 Å². The Bertz CT molecular complexity index is 1750. The van der Waals surface area contributed by atoms with E-state index in [2.05, 4.69) is 283 Å². The molecule has 0 N–H and O–H groups in total. The second kappa shape index (κ2) is 22.6. The van der Waals surface area contributed by atoms with Gasteiger partial charge in [0, 0.05) is 0 Å². The normalized spacial score (nSPS) is 15.4. The number of thioether (sulfide) groups is 2. The molecule has 15 heteroatoms. The summed E-state index contributed by atoms with van der Waals surface area (Å²) in [5.41, 5.74) is 10.9. The van der Waals surface area contributed by atoms with E-state index in [-0.39, 0.29) is 0 Å². The van der Waals surface area contributed by atoms with Gasteiger partial charge in [-0.1, -0.05) is 0 Å². The van der Waals surface area contributed by atoms with Crippen LogP contribution in [-0.2, 0) is 0 Å². The van der Waals surface area contributed by atoms with Crippen LogP contribution in [0, 0.1) is 0 Å². The fourth-order valence-corrected chi connectivity index (χ4v) is 98.6. The number of hydrogen-bond acceptors (Lipinski definition) is 2. The molecule has 404 valence electrons. The van der Waals surface area contributed by atoms with Crippen LogP contribution < -0.4 is 0 Å². The van der Waals surface area contributed by atoms with Crippen LogP contribution in [0.15, 0.2) is 34.1 Å². The van der Waals surface area contributed by atoms with E-state index in [0.717, 1.165) is 10.3 Å². The molecule has 2 rings (SSSR count). The Kier molecular flexibility index (Phi) is 22.2. The molecule has 0 nitrogen and oxygen atoms in total. The van der Waals surface area contributed by atoms with Crippen molar-refractivity contribution in [2.45, 2.75) is 279 Å². The Balaban J connectivity index is 3.63. The first-order valence-electron chi connectivity index (χ1n) is 27.6. The molecule has 70 heavy (non-hydrogen) atoms. The zero-order valence-electron chi connectivity index (χ0n) is 53.6. The fourth-order valence-electron chi connectivity index (χ4n) is 16.6. The quantitative estimate of drug-likeness (QED) is 0.0655. The molecule has 0 atom stereocenters. The molecular formula is C55H119BiS2Si12. The predicted molar refractivity (Wildman–Crippen MR) is 371 cm³/mol. The molecule has 0 heterocycles. The van der Waals surface area contributed by atoms with Crippen molar-refractivity contribution in [3.63, 3.8) is 0 Å². The summed E-state index contributed by atoms with van der Waals surface area (Å²) in [6, 6.07) is 11.9. The van der Waals surface area contributed by atoms with Gasteiger partial charge in [-0.2, -0.15) is 0 Å². The molecule has 2 radical (unpaired) electrons. The molecule has 0 saturated heterocycles. The van der Waals surface area contributed by atoms with Crippen LogP contribution in [0.25, 0.3) is 0 Å². The summed E-state index contributed by atoms with van der Waals surface area (Å²) in [6.45, 7) is 98.5. The van der Waals surface area contributed by atoms with Gasteiger partial charge < -0.3 is 0 Å². The Hall–Kier alpha value is 2.63. The molecule has 2 aromatic rings. The average molecular weight is 1390 g/mol. The Morgan fingerprint density at radius 2 is 0.371 bits per heavy atom. The first-order chi connectivity index (χ1) is 30.3. The van der Waals surface area contributed by atoms with Gasteiger partial charge in [0.05, 0.1) is 0 Å². The standard InChI is InChI=1S/C55H119S2Si12.Bi/c1-58(2,3)50(59(4,5)6)42-37-44(52(62(13,14)15)63(16,17)18)48(45(38-42)53(64(19,20)21)65(22,23)24)56-41-57-49-46(54(66(25,26)27)67(28,29)30)39-43(51(60(7,8)9)61(10,11)12)40-47(49)55(68(31,32)33)69(34,35)36;/h37-41,50-55H,1-36H3;. The van der Waals surface area contributed by atoms with Gasteiger partial charge in [-0.25, -0.2) is 0 Å². The molecule has 0 saturated carbocycles. The van der Waals surface area contributed by atoms with Crippen molar-refractivity contribution in [1.29, 1.82) is 0 Å². The zero-order chi connectivity index (χ0) is 55.9. The molecule has 0 aliphatic rings. The summed E-state index contributed by atoms with van der Waals surface area (Å²) in [7, 11) is -19.7. The minimum absolute atomic E-state index is 0.502. The summed E-state index contributed by atoms with van der Waals surface area (Å²) in [5.74, 6) is 0. The third-order valence-corrected chi connectivity index (χ3v) is 75.7. The Morgan fingerprint density at radius 1 is 0.243 bits per heavy atom. The summed E-state index contributed by atoms with van der Waals surface area (Å²) in [6.07, 6.45) is 0. The van der Waals surface area contributed by atoms with Crippen molar-refractivity contribution in [3.05, 3.63) is 57.6 Å². The second-order valence-corrected chi connectivity index (χ2v) is 110. The van der Waals surface area contributed by atoms with Gasteiger partial charge in [0.15, 0.2) is 0 Å². The maximum atomic E-state index is 2.97. The van der Waals surface area contributed by atoms with Gasteiger partial charge in [0.25, 0.3) is 0 Å². The van der Waals surface area contributed by atoms with Gasteiger partial charge >= 0.3 is 482 Å². The van der Waals surface area contributed by atoms with Gasteiger partial charge in [-0.05, 0) is 0 Å². The number of benzene rings is 2. The minimum atomic E-state index is -1.68. The van der Waals surface area contributed by atoms with Gasteiger partial charge in [0.2, 0.25) is 0 Å². The van der Waals surface area contributed by atoms with Crippen molar-refractivity contribution in [2.75, 3.05) is 0 Å². The van der Waals surface area contributed by atoms with Gasteiger partial charge in [0.1, 0.15) is 0 Å². The van der Waals surface area contributed by atoms with E-state index in [4.69, 9.17) is 0 Å². The first-order valence-corrected chi connectivity index (χ1v) is 74.3. The third kappa shape index (κ3) is 17.8. The van der Waals surface area contributed by atoms with E-state index in [9.17, 15) is 0 Å². The van der Waals surface area contributed by atoms with Crippen LogP contribution in [0.2, 0.25) is 236 Å². The zero-order valence-corrected chi connectivity index (χ0v) is 70.7. The molecule has 0 spiro atoms. The van der Waals surface area contributed by atoms with E-state index >= 15 is 0 Å². The molecule has 0 aliphatic carbocycles. The molecule has 2 aromatic carbocycles. The topological polar surface area (TPSA) is 0 Å². The number of hydrogen-bond donors (Lipinski definition) is 0. The maximum absolute atomic E-state index is 2.97. The predicted octanol–water partition coefficient (Wildman–Crippen LogP) is 21.1. The van der Waals surface area contributed by atoms with Crippen LogP contribution >= 0.6 is 23.5 Å². The molecule has 0 unspecified atom stereocenters. The SMILES string of the molecule is C[Si](C)(C)C(c1cc(C([Si](C)(C)C)[Si](C)(C)C)c(S[CH]([Bi])Sc2c(C([Si](C)(C)C)[Si](C)(C)C)cc(C([Si](C)(C)C)[Si](C)(C)C)cc2C([Si](C)(C)C)[Si](C)(C)C)c(C([Si](C)(C)C)[Si](C)(C)C)c1)[Si](C)(C)C. The van der Waals surface area contributed by atoms with E-state index < -0.39 is 96.9 Å². The first kappa shape index (κ1) is 68.7. The van der Waals surface area contributed by atoms with E-state index in [1.54, 1.807) is 20.9 Å². The summed E-state index contributed by atoms with van der Waals surface area (Å²) in [4.78, 5) is 3.57. The van der Waals surface area contributed by atoms with Crippen molar-refractivity contribution in [2.24, 2.45) is 0 Å². The van der Waals surface area contributed by atoms with E-state index in [0.29, 0.717) is 22.9 Å². The van der Waals surface area contributed by atoms with Crippen LogP contribution in [0.5, 0.6) is 0 Å². The number of rotatable bonds is 22. The van der Waals surface area contributed by atoms with E-state index in [1.807, 2.05) is 22.3 Å². The van der Waals surface area contributed by atoms with Crippen LogP contribution in [0.3, 0.4) is 0 Å². The van der Waals surface area contributed by atoms with Crippen molar-refractivity contribution < 1.29 is 0 Å². The molecule has 0 fully saturated rings. The molecule has 0 bridgehead atoms. The van der Waals surface area contributed by atoms with Crippen LogP contribution in [0.1, 0.15) is 64.4 Å². The Morgan fingerprint density at radius 3 is 0.486 bits per heavy atom. The van der Waals surface area contributed by atoms with Crippen molar-refractivity contribution >= 4 is 145 Å². The van der Waals surface area contributed by atoms with Crippen LogP contribution in [0.4, 0.5) is 0 Å². The molecular weight excluding hydrogens is 1270 g/mol. The van der Waals surface area contributed by atoms with Crippen molar-refractivity contribution in [3.8, 4) is 0 Å². The van der Waals surface area contributed by atoms with Crippen LogP contribution in [-0.4, -0.2) is 124 Å². The van der Waals surface area contributed by atoms with E-state index in [1.165, 1.54) is 24.7 Å². The molecule has 0 aliphatic heterocycles. The monoisotopic (exact) mass is 1390 g/mol. The third-order valence-electron chi connectivity index (χ3n) is 15.1. The van der Waals surface area contributed by atoms with Crippen molar-refractivity contribution in [1.82, 2.24) is 0 Å². The summed E-state index contributed by atoms with van der Waals surface area (Å²) >= 11 is 6.30. The summed E-state index contributed by atoms with van der Waals surface area (Å²) in [5, 5.41) is 4.32. The second-order valence-electron chi connectivity index (χ2n) is 35.6. The molecule has 0 aromatic heterocycles. The fraction of sp³-hybridized carbons (Fsp3) is 0.782. The Labute approximate surface area is 476 Å². The summed E-state index contributed by atoms with van der Waals surface area (Å²) < 4.78 is 0.502. The van der Waals surface area contributed by atoms with Gasteiger partial charge in [-0.15, -0.1) is 0 Å². The molecule has 0 amide bonds. The average Bonchev–Trinajstić information content (AvgIpc) is 2.95.